The highest BCUT2D eigenvalue weighted by molar-refractivity contribution is 5.91. The lowest BCUT2D eigenvalue weighted by molar-refractivity contribution is -0.123. The molecule has 4 aromatic rings. The lowest BCUT2D eigenvalue weighted by Crippen LogP contribution is -2.24. The number of carbonyl (C=O) groups is 2. The monoisotopic (exact) mass is 454 g/mol. The molecule has 0 radical (unpaired) electrons. The minimum Gasteiger partial charge on any atom is -0.497 e. The number of carbonyl (C=O) groups excluding carboxylic acids is 2. The van der Waals surface area contributed by atoms with Gasteiger partial charge in [0, 0.05) is 0 Å². The van der Waals surface area contributed by atoms with Gasteiger partial charge in [-0.3, -0.25) is 4.79 Å². The van der Waals surface area contributed by atoms with Gasteiger partial charge in [-0.25, -0.2) is 10.2 Å². The number of hydrazone groups is 1. The van der Waals surface area contributed by atoms with E-state index in [1.54, 1.807) is 55.6 Å². The second kappa shape index (κ2) is 10.8. The Labute approximate surface area is 196 Å². The molecular formula is C27H22N2O5. The number of hydrogen-bond donors (Lipinski definition) is 1. The number of benzene rings is 4. The Morgan fingerprint density at radius 1 is 0.824 bits per heavy atom. The quantitative estimate of drug-likeness (QED) is 0.182. The number of rotatable bonds is 8. The topological polar surface area (TPSA) is 86.2 Å². The van der Waals surface area contributed by atoms with Crippen LogP contribution in [-0.2, 0) is 4.79 Å². The summed E-state index contributed by atoms with van der Waals surface area (Å²) in [5.41, 5.74) is 3.47. The molecule has 0 aliphatic heterocycles. The Kier molecular flexibility index (Phi) is 7.15. The second-order valence-electron chi connectivity index (χ2n) is 7.28. The Hall–Kier alpha value is -4.65. The molecule has 0 aromatic heterocycles. The van der Waals surface area contributed by atoms with Crippen molar-refractivity contribution in [3.63, 3.8) is 0 Å². The van der Waals surface area contributed by atoms with Gasteiger partial charge in [-0.15, -0.1) is 0 Å². The third-order valence-electron chi connectivity index (χ3n) is 4.89. The molecule has 0 saturated heterocycles. The number of fused-ring (bicyclic) bond motifs is 1. The van der Waals surface area contributed by atoms with Gasteiger partial charge >= 0.3 is 5.97 Å². The average molecular weight is 454 g/mol. The smallest absolute Gasteiger partial charge is 0.343 e. The predicted octanol–water partition coefficient (Wildman–Crippen LogP) is 4.60. The Balaban J connectivity index is 1.28. The summed E-state index contributed by atoms with van der Waals surface area (Å²) in [6, 6.07) is 27.0. The van der Waals surface area contributed by atoms with E-state index in [4.69, 9.17) is 14.2 Å². The van der Waals surface area contributed by atoms with Gasteiger partial charge in [0.2, 0.25) is 0 Å². The van der Waals surface area contributed by atoms with Crippen LogP contribution in [0.1, 0.15) is 15.9 Å². The summed E-state index contributed by atoms with van der Waals surface area (Å²) >= 11 is 0. The predicted molar refractivity (Wildman–Crippen MR) is 130 cm³/mol. The standard InChI is InChI=1S/C27H22N2O5/c1-32-23-12-10-21(11-13-23)27(31)34-25-8-4-5-19(15-25)17-28-29-26(30)18-33-24-14-9-20-6-2-3-7-22(20)16-24/h2-17H,18H2,1H3,(H,29,30). The molecule has 4 aromatic carbocycles. The first-order valence-corrected chi connectivity index (χ1v) is 10.5. The average Bonchev–Trinajstić information content (AvgIpc) is 2.87. The number of ether oxygens (including phenoxy) is 3. The van der Waals surface area contributed by atoms with Gasteiger partial charge in [-0.05, 0) is 64.9 Å². The summed E-state index contributed by atoms with van der Waals surface area (Å²) in [4.78, 5) is 24.4. The van der Waals surface area contributed by atoms with Gasteiger partial charge in [0.25, 0.3) is 5.91 Å². The van der Waals surface area contributed by atoms with Crippen LogP contribution in [0.25, 0.3) is 10.8 Å². The van der Waals surface area contributed by atoms with Crippen molar-refractivity contribution in [3.8, 4) is 17.2 Å². The lowest BCUT2D eigenvalue weighted by Gasteiger charge is -2.07. The molecule has 0 spiro atoms. The highest BCUT2D eigenvalue weighted by Crippen LogP contribution is 2.20. The van der Waals surface area contributed by atoms with Crippen LogP contribution in [0, 0.1) is 0 Å². The van der Waals surface area contributed by atoms with Crippen molar-refractivity contribution in [1.29, 1.82) is 0 Å². The zero-order valence-corrected chi connectivity index (χ0v) is 18.4. The zero-order chi connectivity index (χ0) is 23.8. The van der Waals surface area contributed by atoms with Crippen LogP contribution in [0.3, 0.4) is 0 Å². The SMILES string of the molecule is COc1ccc(C(=O)Oc2cccc(C=NNC(=O)COc3ccc4ccccc4c3)c2)cc1. The van der Waals surface area contributed by atoms with Crippen LogP contribution < -0.4 is 19.6 Å². The number of nitrogens with zero attached hydrogens (tertiary/aromatic N) is 1. The van der Waals surface area contributed by atoms with Crippen LogP contribution in [-0.4, -0.2) is 31.8 Å². The fraction of sp³-hybridized carbons (Fsp3) is 0.0741. The molecule has 1 amide bonds. The van der Waals surface area contributed by atoms with Crippen molar-refractivity contribution in [2.75, 3.05) is 13.7 Å². The highest BCUT2D eigenvalue weighted by atomic mass is 16.5. The van der Waals surface area contributed by atoms with Crippen LogP contribution in [0.15, 0.2) is 96.1 Å². The van der Waals surface area contributed by atoms with Crippen molar-refractivity contribution in [2.24, 2.45) is 5.10 Å². The van der Waals surface area contributed by atoms with E-state index >= 15 is 0 Å². The first-order valence-electron chi connectivity index (χ1n) is 10.5. The van der Waals surface area contributed by atoms with Crippen molar-refractivity contribution in [1.82, 2.24) is 5.43 Å². The van der Waals surface area contributed by atoms with E-state index in [2.05, 4.69) is 10.5 Å². The molecule has 0 aliphatic carbocycles. The molecule has 0 aliphatic rings. The molecule has 1 N–H and O–H groups in total. The highest BCUT2D eigenvalue weighted by Gasteiger charge is 2.09. The van der Waals surface area contributed by atoms with E-state index in [0.29, 0.717) is 28.4 Å². The molecule has 0 saturated carbocycles. The van der Waals surface area contributed by atoms with Gasteiger partial charge in [-0.2, -0.15) is 5.10 Å². The third kappa shape index (κ3) is 5.98. The first-order chi connectivity index (χ1) is 16.6. The van der Waals surface area contributed by atoms with Crippen molar-refractivity contribution in [2.45, 2.75) is 0 Å². The maximum atomic E-state index is 12.3. The summed E-state index contributed by atoms with van der Waals surface area (Å²) in [6.45, 7) is -0.171. The second-order valence-corrected chi connectivity index (χ2v) is 7.28. The molecule has 7 heteroatoms. The van der Waals surface area contributed by atoms with Gasteiger partial charge in [-0.1, -0.05) is 42.5 Å². The van der Waals surface area contributed by atoms with Crippen molar-refractivity contribution >= 4 is 28.9 Å². The van der Waals surface area contributed by atoms with Crippen molar-refractivity contribution < 1.29 is 23.8 Å². The zero-order valence-electron chi connectivity index (χ0n) is 18.4. The maximum absolute atomic E-state index is 12.3. The molecule has 0 fully saturated rings. The molecule has 0 atom stereocenters. The Morgan fingerprint density at radius 2 is 1.59 bits per heavy atom. The fourth-order valence-corrected chi connectivity index (χ4v) is 3.17. The molecule has 4 rings (SSSR count). The first kappa shape index (κ1) is 22.5. The maximum Gasteiger partial charge on any atom is 0.343 e. The largest absolute Gasteiger partial charge is 0.497 e. The molecule has 170 valence electrons. The van der Waals surface area contributed by atoms with Crippen LogP contribution in [0.5, 0.6) is 17.2 Å². The number of esters is 1. The van der Waals surface area contributed by atoms with E-state index in [9.17, 15) is 9.59 Å². The van der Waals surface area contributed by atoms with E-state index in [1.165, 1.54) is 6.21 Å². The lowest BCUT2D eigenvalue weighted by atomic mass is 10.1. The summed E-state index contributed by atoms with van der Waals surface area (Å²) in [6.07, 6.45) is 1.46. The van der Waals surface area contributed by atoms with E-state index in [0.717, 1.165) is 10.8 Å². The summed E-state index contributed by atoms with van der Waals surface area (Å²) in [5, 5.41) is 6.07. The summed E-state index contributed by atoms with van der Waals surface area (Å²) in [5.74, 6) is 0.724. The summed E-state index contributed by atoms with van der Waals surface area (Å²) < 4.78 is 16.0. The third-order valence-corrected chi connectivity index (χ3v) is 4.89. The van der Waals surface area contributed by atoms with Gasteiger partial charge in [0.05, 0.1) is 18.9 Å². The molecule has 0 bridgehead atoms. The Bertz CT molecular complexity index is 1330. The fourth-order valence-electron chi connectivity index (χ4n) is 3.17. The van der Waals surface area contributed by atoms with E-state index < -0.39 is 11.9 Å². The van der Waals surface area contributed by atoms with Crippen LogP contribution >= 0.6 is 0 Å². The number of nitrogens with one attached hydrogen (secondary N) is 1. The van der Waals surface area contributed by atoms with Crippen LogP contribution in [0.2, 0.25) is 0 Å². The van der Waals surface area contributed by atoms with E-state index in [-0.39, 0.29) is 6.61 Å². The van der Waals surface area contributed by atoms with Crippen molar-refractivity contribution in [3.05, 3.63) is 102 Å². The number of amides is 1. The van der Waals surface area contributed by atoms with Gasteiger partial charge < -0.3 is 14.2 Å². The molecule has 0 heterocycles. The normalized spacial score (nSPS) is 10.7. The van der Waals surface area contributed by atoms with E-state index in [1.807, 2.05) is 42.5 Å². The van der Waals surface area contributed by atoms with Gasteiger partial charge in [0.15, 0.2) is 6.61 Å². The molecular weight excluding hydrogens is 432 g/mol. The summed E-state index contributed by atoms with van der Waals surface area (Å²) in [7, 11) is 1.56. The minimum atomic E-state index is -0.490. The van der Waals surface area contributed by atoms with Crippen LogP contribution in [0.4, 0.5) is 0 Å². The Morgan fingerprint density at radius 3 is 2.38 bits per heavy atom. The molecule has 0 unspecified atom stereocenters. The molecule has 7 nitrogen and oxygen atoms in total. The number of methoxy groups -OCH3 is 1. The number of hydrogen-bond acceptors (Lipinski definition) is 6. The molecule has 34 heavy (non-hydrogen) atoms. The van der Waals surface area contributed by atoms with Gasteiger partial charge in [0.1, 0.15) is 17.2 Å². The minimum absolute atomic E-state index is 0.171.